The number of hydrogen-bond donors (Lipinski definition) is 1. The normalized spacial score (nSPS) is 12.0. The molecule has 0 saturated heterocycles. The number of ether oxygens (including phenoxy) is 1. The van der Waals surface area contributed by atoms with Gasteiger partial charge >= 0.3 is 5.97 Å². The number of carbonyl (C=O) groups excluding carboxylic acids is 1. The van der Waals surface area contributed by atoms with Gasteiger partial charge in [-0.1, -0.05) is 5.22 Å². The molecule has 2 N–H and O–H groups in total. The topological polar surface area (TPSA) is 77.0 Å². The van der Waals surface area contributed by atoms with Crippen LogP contribution >= 0.6 is 0 Å². The van der Waals surface area contributed by atoms with Gasteiger partial charge in [-0.05, 0) is 6.92 Å². The monoisotopic (exact) mass is 143 g/mol. The number of methoxy groups -OCH3 is 1. The molecule has 0 amide bonds. The summed E-state index contributed by atoms with van der Waals surface area (Å²) in [6, 6.07) is 0. The molecule has 10 heavy (non-hydrogen) atoms. The van der Waals surface area contributed by atoms with Crippen molar-refractivity contribution in [3.63, 3.8) is 0 Å². The molecule has 0 aromatic heterocycles. The van der Waals surface area contributed by atoms with Crippen LogP contribution in [0.2, 0.25) is 0 Å². The Hall–Kier alpha value is -1.39. The van der Waals surface area contributed by atoms with Gasteiger partial charge in [-0.25, -0.2) is 4.79 Å². The van der Waals surface area contributed by atoms with E-state index in [0.717, 1.165) is 0 Å². The maximum Gasteiger partial charge on any atom is 0.332 e. The molecule has 5 heteroatoms. The van der Waals surface area contributed by atoms with E-state index in [0.29, 0.717) is 5.70 Å². The molecule has 0 radical (unpaired) electrons. The minimum Gasteiger partial charge on any atom is -0.466 e. The summed E-state index contributed by atoms with van der Waals surface area (Å²) in [6.07, 6.45) is 1.19. The van der Waals surface area contributed by atoms with Gasteiger partial charge in [0.2, 0.25) is 0 Å². The van der Waals surface area contributed by atoms with Crippen molar-refractivity contribution in [2.75, 3.05) is 7.11 Å². The van der Waals surface area contributed by atoms with Crippen LogP contribution in [0.25, 0.3) is 0 Å². The summed E-state index contributed by atoms with van der Waals surface area (Å²) in [7, 11) is 1.28. The minimum absolute atomic E-state index is 0.411. The Balaban J connectivity index is 4.02. The largest absolute Gasteiger partial charge is 0.466 e. The number of rotatable bonds is 2. The lowest BCUT2D eigenvalue weighted by Gasteiger charge is -1.89. The third-order valence-electron chi connectivity index (χ3n) is 0.743. The van der Waals surface area contributed by atoms with Crippen molar-refractivity contribution in [1.82, 2.24) is 0 Å². The second-order valence-corrected chi connectivity index (χ2v) is 1.52. The molecule has 0 rings (SSSR count). The van der Waals surface area contributed by atoms with Crippen molar-refractivity contribution in [2.45, 2.75) is 6.92 Å². The summed E-state index contributed by atoms with van der Waals surface area (Å²) in [5, 5.41) is 6.35. The van der Waals surface area contributed by atoms with Crippen LogP contribution in [0.5, 0.6) is 0 Å². The van der Waals surface area contributed by atoms with Crippen LogP contribution in [0.3, 0.4) is 0 Å². The smallest absolute Gasteiger partial charge is 0.332 e. The lowest BCUT2D eigenvalue weighted by molar-refractivity contribution is -0.134. The van der Waals surface area contributed by atoms with E-state index < -0.39 is 5.97 Å². The average Bonchev–Trinajstić information content (AvgIpc) is 1.88. The van der Waals surface area contributed by atoms with Gasteiger partial charge in [0.15, 0.2) is 0 Å². The van der Waals surface area contributed by atoms with Crippen molar-refractivity contribution in [3.8, 4) is 0 Å². The number of hydrogen-bond acceptors (Lipinski definition) is 4. The van der Waals surface area contributed by atoms with Crippen molar-refractivity contribution in [2.24, 2.45) is 16.2 Å². The van der Waals surface area contributed by atoms with Crippen LogP contribution in [0, 0.1) is 0 Å². The van der Waals surface area contributed by atoms with Gasteiger partial charge in [-0.15, -0.1) is 5.11 Å². The Bertz CT molecular complexity index is 174. The molecular formula is C5H9N3O2. The van der Waals surface area contributed by atoms with E-state index in [9.17, 15) is 4.79 Å². The van der Waals surface area contributed by atoms with Gasteiger partial charge in [0.25, 0.3) is 0 Å². The molecular weight excluding hydrogens is 134 g/mol. The number of carbonyl (C=O) groups is 1. The summed E-state index contributed by atoms with van der Waals surface area (Å²) in [5.74, 6) is 4.24. The second kappa shape index (κ2) is 4.49. The quantitative estimate of drug-likeness (QED) is 0.200. The Labute approximate surface area is 58.5 Å². The number of nitrogens with zero attached hydrogens (tertiary/aromatic N) is 2. The maximum absolute atomic E-state index is 10.5. The van der Waals surface area contributed by atoms with Gasteiger partial charge in [-0.3, -0.25) is 0 Å². The lowest BCUT2D eigenvalue weighted by atomic mass is 10.4. The summed E-state index contributed by atoms with van der Waals surface area (Å²) < 4.78 is 4.31. The highest BCUT2D eigenvalue weighted by Gasteiger charge is 1.93. The molecule has 0 fully saturated rings. The molecule has 56 valence electrons. The molecule has 5 nitrogen and oxygen atoms in total. The molecule has 0 aliphatic rings. The molecule has 0 aromatic rings. The van der Waals surface area contributed by atoms with Crippen molar-refractivity contribution in [3.05, 3.63) is 11.8 Å². The zero-order chi connectivity index (χ0) is 7.98. The predicted octanol–water partition coefficient (Wildman–Crippen LogP) is 0.389. The van der Waals surface area contributed by atoms with Gasteiger partial charge in [-0.2, -0.15) is 0 Å². The first-order chi connectivity index (χ1) is 4.70. The van der Waals surface area contributed by atoms with Crippen LogP contribution in [-0.4, -0.2) is 13.1 Å². The molecule has 0 bridgehead atoms. The Morgan fingerprint density at radius 3 is 2.70 bits per heavy atom. The summed E-state index contributed by atoms with van der Waals surface area (Å²) in [6.45, 7) is 1.59. The molecule has 0 aromatic carbocycles. The number of esters is 1. The van der Waals surface area contributed by atoms with Crippen LogP contribution in [0.1, 0.15) is 6.92 Å². The highest BCUT2D eigenvalue weighted by Crippen LogP contribution is 1.93. The fourth-order valence-electron chi connectivity index (χ4n) is 0.349. The molecule has 0 unspecified atom stereocenters. The zero-order valence-corrected chi connectivity index (χ0v) is 5.87. The molecule has 0 heterocycles. The SMILES string of the molecule is COC(=O)/C=C(\C)N=NN. The second-order valence-electron chi connectivity index (χ2n) is 1.52. The fourth-order valence-corrected chi connectivity index (χ4v) is 0.349. The molecule has 0 saturated carbocycles. The molecule has 0 aliphatic carbocycles. The van der Waals surface area contributed by atoms with E-state index >= 15 is 0 Å². The molecule has 0 atom stereocenters. The molecule has 0 spiro atoms. The van der Waals surface area contributed by atoms with Crippen LogP contribution in [0.4, 0.5) is 0 Å². The van der Waals surface area contributed by atoms with E-state index in [1.165, 1.54) is 13.2 Å². The first-order valence-electron chi connectivity index (χ1n) is 2.58. The standard InChI is InChI=1S/C5H9N3O2/c1-4(7-8-6)3-5(9)10-2/h3H,1-2H3,(H2,6,7)/b4-3+. The Morgan fingerprint density at radius 2 is 2.30 bits per heavy atom. The first-order valence-corrected chi connectivity index (χ1v) is 2.58. The summed E-state index contributed by atoms with van der Waals surface area (Å²) >= 11 is 0. The highest BCUT2D eigenvalue weighted by molar-refractivity contribution is 5.82. The van der Waals surface area contributed by atoms with Crippen molar-refractivity contribution < 1.29 is 9.53 Å². The first kappa shape index (κ1) is 8.61. The third kappa shape index (κ3) is 3.59. The number of allylic oxidation sites excluding steroid dienone is 1. The minimum atomic E-state index is -0.468. The van der Waals surface area contributed by atoms with E-state index in [-0.39, 0.29) is 0 Å². The lowest BCUT2D eigenvalue weighted by Crippen LogP contribution is -1.94. The van der Waals surface area contributed by atoms with Gasteiger partial charge in [0, 0.05) is 6.08 Å². The average molecular weight is 143 g/mol. The zero-order valence-electron chi connectivity index (χ0n) is 5.87. The number of nitrogens with two attached hydrogens (primary N) is 1. The van der Waals surface area contributed by atoms with Gasteiger partial charge in [0.05, 0.1) is 12.8 Å². The van der Waals surface area contributed by atoms with E-state index in [1.807, 2.05) is 0 Å². The Kier molecular flexibility index (Phi) is 3.86. The summed E-state index contributed by atoms with van der Waals surface area (Å²) in [5.41, 5.74) is 0.411. The van der Waals surface area contributed by atoms with E-state index in [4.69, 9.17) is 5.84 Å². The highest BCUT2D eigenvalue weighted by atomic mass is 16.5. The van der Waals surface area contributed by atoms with E-state index in [2.05, 4.69) is 15.1 Å². The van der Waals surface area contributed by atoms with Gasteiger partial charge < -0.3 is 10.6 Å². The summed E-state index contributed by atoms with van der Waals surface area (Å²) in [4.78, 5) is 10.5. The predicted molar refractivity (Wildman–Crippen MR) is 34.8 cm³/mol. The van der Waals surface area contributed by atoms with Crippen molar-refractivity contribution >= 4 is 5.97 Å². The van der Waals surface area contributed by atoms with Crippen LogP contribution < -0.4 is 5.84 Å². The van der Waals surface area contributed by atoms with E-state index in [1.54, 1.807) is 6.92 Å². The third-order valence-corrected chi connectivity index (χ3v) is 0.743. The fraction of sp³-hybridized carbons (Fsp3) is 0.400. The Morgan fingerprint density at radius 1 is 1.70 bits per heavy atom. The molecule has 0 aliphatic heterocycles. The van der Waals surface area contributed by atoms with Gasteiger partial charge in [0.1, 0.15) is 0 Å². The van der Waals surface area contributed by atoms with Crippen LogP contribution in [0.15, 0.2) is 22.1 Å². The van der Waals surface area contributed by atoms with Crippen molar-refractivity contribution in [1.29, 1.82) is 0 Å². The van der Waals surface area contributed by atoms with Crippen LogP contribution in [-0.2, 0) is 9.53 Å². The maximum atomic E-state index is 10.5.